The number of hydrogen-bond donors (Lipinski definition) is 2. The van der Waals surface area contributed by atoms with Gasteiger partial charge < -0.3 is 5.32 Å². The van der Waals surface area contributed by atoms with Crippen LogP contribution in [-0.4, -0.2) is 22.8 Å². The van der Waals surface area contributed by atoms with Gasteiger partial charge in [-0.2, -0.15) is 0 Å². The highest BCUT2D eigenvalue weighted by Crippen LogP contribution is 2.17. The van der Waals surface area contributed by atoms with Gasteiger partial charge in [0.25, 0.3) is 5.91 Å². The predicted molar refractivity (Wildman–Crippen MR) is 113 cm³/mol. The number of hydrogen-bond acceptors (Lipinski definition) is 4. The zero-order valence-corrected chi connectivity index (χ0v) is 16.5. The fourth-order valence-electron chi connectivity index (χ4n) is 2.79. The third-order valence-electron chi connectivity index (χ3n) is 4.27. The number of nitrogens with zero attached hydrogens (tertiary/aromatic N) is 1. The van der Waals surface area contributed by atoms with Crippen molar-refractivity contribution >= 4 is 28.3 Å². The highest BCUT2D eigenvalue weighted by atomic mass is 32.1. The van der Waals surface area contributed by atoms with Crippen molar-refractivity contribution in [3.05, 3.63) is 82.9 Å². The van der Waals surface area contributed by atoms with Crippen LogP contribution in [0.3, 0.4) is 0 Å². The van der Waals surface area contributed by atoms with Crippen molar-refractivity contribution in [2.75, 3.05) is 5.32 Å². The molecule has 0 aliphatic rings. The molecule has 0 unspecified atom stereocenters. The zero-order chi connectivity index (χ0) is 19.8. The van der Waals surface area contributed by atoms with Crippen LogP contribution in [0.5, 0.6) is 0 Å². The van der Waals surface area contributed by atoms with Crippen LogP contribution in [0.25, 0.3) is 0 Å². The lowest BCUT2D eigenvalue weighted by molar-refractivity contribution is -0.121. The standard InChI is InChI=1S/C22H23N3O2S/c1-16(12-13-17-8-4-2-5-9-17)23-20(26)14-19-15-28-22(24-19)25-21(27)18-10-6-3-7-11-18/h2-11,15-16H,12-14H2,1H3,(H,23,26)(H,24,25,27)/t16-/m1/s1. The Balaban J connectivity index is 1.45. The van der Waals surface area contributed by atoms with Gasteiger partial charge >= 0.3 is 0 Å². The van der Waals surface area contributed by atoms with Gasteiger partial charge in [-0.25, -0.2) is 4.98 Å². The van der Waals surface area contributed by atoms with Gasteiger partial charge in [-0.05, 0) is 37.5 Å². The molecule has 1 heterocycles. The minimum Gasteiger partial charge on any atom is -0.353 e. The highest BCUT2D eigenvalue weighted by Gasteiger charge is 2.13. The first-order valence-corrected chi connectivity index (χ1v) is 10.1. The summed E-state index contributed by atoms with van der Waals surface area (Å²) in [7, 11) is 0. The minimum atomic E-state index is -0.208. The molecule has 6 heteroatoms. The van der Waals surface area contributed by atoms with Crippen molar-refractivity contribution in [1.29, 1.82) is 0 Å². The van der Waals surface area contributed by atoms with Crippen LogP contribution in [0.4, 0.5) is 5.13 Å². The topological polar surface area (TPSA) is 71.1 Å². The molecule has 5 nitrogen and oxygen atoms in total. The molecule has 28 heavy (non-hydrogen) atoms. The summed E-state index contributed by atoms with van der Waals surface area (Å²) in [5, 5.41) is 8.08. The first-order chi connectivity index (χ1) is 13.6. The monoisotopic (exact) mass is 393 g/mol. The van der Waals surface area contributed by atoms with Gasteiger partial charge in [0.05, 0.1) is 12.1 Å². The number of anilines is 1. The Kier molecular flexibility index (Phi) is 6.92. The van der Waals surface area contributed by atoms with Gasteiger partial charge in [0.1, 0.15) is 0 Å². The second kappa shape index (κ2) is 9.80. The Labute approximate surface area is 168 Å². The van der Waals surface area contributed by atoms with Gasteiger partial charge in [-0.15, -0.1) is 11.3 Å². The van der Waals surface area contributed by atoms with Crippen molar-refractivity contribution in [3.63, 3.8) is 0 Å². The molecule has 0 saturated heterocycles. The van der Waals surface area contributed by atoms with Crippen molar-refractivity contribution in [1.82, 2.24) is 10.3 Å². The normalized spacial score (nSPS) is 11.6. The molecule has 2 N–H and O–H groups in total. The Morgan fingerprint density at radius 1 is 1.04 bits per heavy atom. The summed E-state index contributed by atoms with van der Waals surface area (Å²) in [5.74, 6) is -0.271. The zero-order valence-electron chi connectivity index (χ0n) is 15.7. The molecule has 3 aromatic rings. The molecule has 144 valence electrons. The number of thiazole rings is 1. The van der Waals surface area contributed by atoms with Crippen LogP contribution in [0.15, 0.2) is 66.0 Å². The first-order valence-electron chi connectivity index (χ1n) is 9.24. The van der Waals surface area contributed by atoms with E-state index in [1.54, 1.807) is 17.5 Å². The van der Waals surface area contributed by atoms with E-state index >= 15 is 0 Å². The first kappa shape index (κ1) is 19.8. The summed E-state index contributed by atoms with van der Waals surface area (Å²) in [5.41, 5.74) is 2.49. The van der Waals surface area contributed by atoms with Gasteiger partial charge in [0.2, 0.25) is 5.91 Å². The summed E-state index contributed by atoms with van der Waals surface area (Å²) < 4.78 is 0. The van der Waals surface area contributed by atoms with E-state index in [0.29, 0.717) is 16.4 Å². The SMILES string of the molecule is C[C@H](CCc1ccccc1)NC(=O)Cc1csc(NC(=O)c2ccccc2)n1. The number of benzene rings is 2. The summed E-state index contributed by atoms with van der Waals surface area (Å²) >= 11 is 1.32. The fraction of sp³-hybridized carbons (Fsp3) is 0.227. The Morgan fingerprint density at radius 3 is 2.43 bits per heavy atom. The van der Waals surface area contributed by atoms with Crippen molar-refractivity contribution in [2.24, 2.45) is 0 Å². The Bertz CT molecular complexity index is 910. The molecule has 0 spiro atoms. The number of nitrogens with one attached hydrogen (secondary N) is 2. The molecule has 0 aliphatic carbocycles. The fourth-order valence-corrected chi connectivity index (χ4v) is 3.50. The molecule has 3 rings (SSSR count). The van der Waals surface area contributed by atoms with Crippen molar-refractivity contribution in [3.8, 4) is 0 Å². The average Bonchev–Trinajstić information content (AvgIpc) is 3.14. The summed E-state index contributed by atoms with van der Waals surface area (Å²) in [6, 6.07) is 19.3. The number of rotatable bonds is 8. The van der Waals surface area contributed by atoms with Gasteiger partial charge in [0.15, 0.2) is 5.13 Å². The second-order valence-corrected chi connectivity index (χ2v) is 7.49. The molecule has 0 radical (unpaired) electrons. The van der Waals surface area contributed by atoms with Crippen LogP contribution in [-0.2, 0) is 17.6 Å². The quantitative estimate of drug-likeness (QED) is 0.606. The maximum absolute atomic E-state index is 12.3. The number of aromatic nitrogens is 1. The molecule has 0 bridgehead atoms. The van der Waals surface area contributed by atoms with E-state index in [9.17, 15) is 9.59 Å². The predicted octanol–water partition coefficient (Wildman–Crippen LogP) is 4.08. The van der Waals surface area contributed by atoms with Crippen molar-refractivity contribution in [2.45, 2.75) is 32.2 Å². The summed E-state index contributed by atoms with van der Waals surface area (Å²) in [6.45, 7) is 2.01. The third-order valence-corrected chi connectivity index (χ3v) is 5.07. The maximum Gasteiger partial charge on any atom is 0.257 e. The van der Waals surface area contributed by atoms with E-state index < -0.39 is 0 Å². The third kappa shape index (κ3) is 6.03. The average molecular weight is 394 g/mol. The van der Waals surface area contributed by atoms with Crippen LogP contribution in [0.1, 0.15) is 35.0 Å². The lowest BCUT2D eigenvalue weighted by Gasteiger charge is -2.13. The molecule has 1 aromatic heterocycles. The molecule has 2 amide bonds. The molecule has 1 atom stereocenters. The minimum absolute atomic E-state index is 0.0632. The van der Waals surface area contributed by atoms with Crippen LogP contribution >= 0.6 is 11.3 Å². The van der Waals surface area contributed by atoms with E-state index in [1.165, 1.54) is 16.9 Å². The number of carbonyl (C=O) groups is 2. The number of amides is 2. The van der Waals surface area contributed by atoms with Crippen molar-refractivity contribution < 1.29 is 9.59 Å². The van der Waals surface area contributed by atoms with Crippen LogP contribution in [0.2, 0.25) is 0 Å². The maximum atomic E-state index is 12.3. The Morgan fingerprint density at radius 2 is 1.71 bits per heavy atom. The molecular formula is C22H23N3O2S. The van der Waals surface area contributed by atoms with Gasteiger partial charge in [-0.3, -0.25) is 14.9 Å². The van der Waals surface area contributed by atoms with E-state index in [-0.39, 0.29) is 24.3 Å². The van der Waals surface area contributed by atoms with E-state index in [2.05, 4.69) is 27.8 Å². The molecule has 0 fully saturated rings. The largest absolute Gasteiger partial charge is 0.353 e. The molecular weight excluding hydrogens is 370 g/mol. The van der Waals surface area contributed by atoms with E-state index in [4.69, 9.17) is 0 Å². The van der Waals surface area contributed by atoms with Gasteiger partial charge in [-0.1, -0.05) is 48.5 Å². The van der Waals surface area contributed by atoms with E-state index in [0.717, 1.165) is 12.8 Å². The van der Waals surface area contributed by atoms with E-state index in [1.807, 2.05) is 43.3 Å². The number of aryl methyl sites for hydroxylation is 1. The van der Waals surface area contributed by atoms with Crippen LogP contribution in [0, 0.1) is 0 Å². The summed E-state index contributed by atoms with van der Waals surface area (Å²) in [6.07, 6.45) is 2.01. The molecule has 2 aromatic carbocycles. The van der Waals surface area contributed by atoms with Gasteiger partial charge in [0, 0.05) is 17.0 Å². The molecule has 0 saturated carbocycles. The highest BCUT2D eigenvalue weighted by molar-refractivity contribution is 7.14. The Hall–Kier alpha value is -2.99. The lowest BCUT2D eigenvalue weighted by Crippen LogP contribution is -2.34. The summed E-state index contributed by atoms with van der Waals surface area (Å²) in [4.78, 5) is 28.8. The lowest BCUT2D eigenvalue weighted by atomic mass is 10.1. The van der Waals surface area contributed by atoms with Crippen LogP contribution < -0.4 is 10.6 Å². The number of carbonyl (C=O) groups excluding carboxylic acids is 2. The molecule has 0 aliphatic heterocycles. The smallest absolute Gasteiger partial charge is 0.257 e. The second-order valence-electron chi connectivity index (χ2n) is 6.63.